The van der Waals surface area contributed by atoms with Crippen LogP contribution in [0.4, 0.5) is 0 Å². The Morgan fingerprint density at radius 2 is 2.31 bits per heavy atom. The lowest BCUT2D eigenvalue weighted by molar-refractivity contribution is 0.0933. The van der Waals surface area contributed by atoms with Crippen molar-refractivity contribution >= 4 is 5.91 Å². The first-order valence-corrected chi connectivity index (χ1v) is 5.88. The van der Waals surface area contributed by atoms with Crippen LogP contribution in [0.1, 0.15) is 48.3 Å². The SMILES string of the molecule is CCCCOCCC1NC(=O)c2cc[nH]c21. The van der Waals surface area contributed by atoms with Crippen molar-refractivity contribution in [3.63, 3.8) is 0 Å². The second kappa shape index (κ2) is 5.16. The van der Waals surface area contributed by atoms with E-state index in [2.05, 4.69) is 17.2 Å². The van der Waals surface area contributed by atoms with Crippen LogP contribution in [0, 0.1) is 0 Å². The highest BCUT2D eigenvalue weighted by Gasteiger charge is 2.28. The lowest BCUT2D eigenvalue weighted by atomic mass is 10.1. The molecule has 0 aliphatic carbocycles. The molecule has 0 spiro atoms. The zero-order chi connectivity index (χ0) is 11.4. The van der Waals surface area contributed by atoms with Crippen molar-refractivity contribution in [2.24, 2.45) is 0 Å². The van der Waals surface area contributed by atoms with Crippen molar-refractivity contribution in [3.05, 3.63) is 23.5 Å². The number of unbranched alkanes of at least 4 members (excludes halogenated alkanes) is 1. The van der Waals surface area contributed by atoms with Crippen LogP contribution in [0.25, 0.3) is 0 Å². The first-order chi connectivity index (χ1) is 7.83. The predicted octanol–water partition coefficient (Wildman–Crippen LogP) is 2.01. The van der Waals surface area contributed by atoms with Crippen LogP contribution in [0.3, 0.4) is 0 Å². The molecule has 1 aliphatic heterocycles. The molecule has 2 N–H and O–H groups in total. The minimum absolute atomic E-state index is 0.0230. The third kappa shape index (κ3) is 2.27. The van der Waals surface area contributed by atoms with Crippen LogP contribution in [0.2, 0.25) is 0 Å². The first-order valence-electron chi connectivity index (χ1n) is 5.88. The van der Waals surface area contributed by atoms with E-state index in [1.807, 2.05) is 12.3 Å². The third-order valence-electron chi connectivity index (χ3n) is 2.87. The summed E-state index contributed by atoms with van der Waals surface area (Å²) in [5.74, 6) is 0.0230. The Bertz CT molecular complexity index is 360. The Morgan fingerprint density at radius 3 is 3.12 bits per heavy atom. The topological polar surface area (TPSA) is 54.1 Å². The van der Waals surface area contributed by atoms with Gasteiger partial charge in [-0.15, -0.1) is 0 Å². The van der Waals surface area contributed by atoms with E-state index in [1.165, 1.54) is 0 Å². The molecule has 1 aliphatic rings. The highest BCUT2D eigenvalue weighted by molar-refractivity contribution is 5.98. The highest BCUT2D eigenvalue weighted by atomic mass is 16.5. The van der Waals surface area contributed by atoms with Crippen molar-refractivity contribution in [2.75, 3.05) is 13.2 Å². The van der Waals surface area contributed by atoms with E-state index in [-0.39, 0.29) is 11.9 Å². The summed E-state index contributed by atoms with van der Waals surface area (Å²) >= 11 is 0. The van der Waals surface area contributed by atoms with Gasteiger partial charge < -0.3 is 15.0 Å². The molecule has 88 valence electrons. The normalized spacial score (nSPS) is 18.6. The van der Waals surface area contributed by atoms with Gasteiger partial charge in [0.2, 0.25) is 0 Å². The van der Waals surface area contributed by atoms with E-state index >= 15 is 0 Å². The van der Waals surface area contributed by atoms with E-state index in [4.69, 9.17) is 4.74 Å². The molecule has 0 aromatic carbocycles. The fourth-order valence-corrected chi connectivity index (χ4v) is 1.94. The van der Waals surface area contributed by atoms with E-state index in [0.717, 1.165) is 37.1 Å². The van der Waals surface area contributed by atoms with Crippen LogP contribution < -0.4 is 5.32 Å². The molecule has 2 heterocycles. The van der Waals surface area contributed by atoms with Crippen molar-refractivity contribution in [1.82, 2.24) is 10.3 Å². The molecule has 1 atom stereocenters. The maximum atomic E-state index is 11.5. The maximum absolute atomic E-state index is 11.5. The monoisotopic (exact) mass is 222 g/mol. The zero-order valence-electron chi connectivity index (χ0n) is 9.58. The molecule has 1 amide bonds. The summed E-state index contributed by atoms with van der Waals surface area (Å²) in [6, 6.07) is 1.92. The summed E-state index contributed by atoms with van der Waals surface area (Å²) in [6.45, 7) is 3.66. The maximum Gasteiger partial charge on any atom is 0.253 e. The minimum atomic E-state index is 0.0230. The fourth-order valence-electron chi connectivity index (χ4n) is 1.94. The molecule has 1 aromatic heterocycles. The summed E-state index contributed by atoms with van der Waals surface area (Å²) in [5.41, 5.74) is 1.78. The van der Waals surface area contributed by atoms with Gasteiger partial charge in [0.05, 0.1) is 17.3 Å². The number of fused-ring (bicyclic) bond motifs is 1. The first kappa shape index (κ1) is 11.2. The molecular weight excluding hydrogens is 204 g/mol. The summed E-state index contributed by atoms with van der Waals surface area (Å²) in [6.07, 6.45) is 4.91. The number of carbonyl (C=O) groups is 1. The summed E-state index contributed by atoms with van der Waals surface area (Å²) in [4.78, 5) is 14.6. The van der Waals surface area contributed by atoms with Gasteiger partial charge in [-0.2, -0.15) is 0 Å². The molecule has 4 heteroatoms. The zero-order valence-corrected chi connectivity index (χ0v) is 9.58. The van der Waals surface area contributed by atoms with Crippen molar-refractivity contribution in [2.45, 2.75) is 32.2 Å². The van der Waals surface area contributed by atoms with E-state index < -0.39 is 0 Å². The smallest absolute Gasteiger partial charge is 0.253 e. The van der Waals surface area contributed by atoms with Crippen molar-refractivity contribution < 1.29 is 9.53 Å². The molecule has 0 fully saturated rings. The molecule has 4 nitrogen and oxygen atoms in total. The average molecular weight is 222 g/mol. The number of amides is 1. The van der Waals surface area contributed by atoms with E-state index in [9.17, 15) is 4.79 Å². The number of aromatic amines is 1. The molecule has 16 heavy (non-hydrogen) atoms. The molecule has 0 saturated heterocycles. The molecule has 0 bridgehead atoms. The van der Waals surface area contributed by atoms with Gasteiger partial charge >= 0.3 is 0 Å². The molecule has 2 rings (SSSR count). The largest absolute Gasteiger partial charge is 0.381 e. The molecule has 1 aromatic rings. The Kier molecular flexibility index (Phi) is 3.62. The number of hydrogen-bond acceptors (Lipinski definition) is 2. The van der Waals surface area contributed by atoms with Gasteiger partial charge in [-0.3, -0.25) is 4.79 Å². The molecule has 1 unspecified atom stereocenters. The highest BCUT2D eigenvalue weighted by Crippen LogP contribution is 2.25. The number of carbonyl (C=O) groups excluding carboxylic acids is 1. The molecular formula is C12H18N2O2. The van der Waals surface area contributed by atoms with Gasteiger partial charge in [0.15, 0.2) is 0 Å². The third-order valence-corrected chi connectivity index (χ3v) is 2.87. The van der Waals surface area contributed by atoms with Crippen LogP contribution in [0.5, 0.6) is 0 Å². The number of rotatable bonds is 6. The van der Waals surface area contributed by atoms with Crippen LogP contribution in [0.15, 0.2) is 12.3 Å². The Hall–Kier alpha value is -1.29. The van der Waals surface area contributed by atoms with Crippen molar-refractivity contribution in [1.29, 1.82) is 0 Å². The van der Waals surface area contributed by atoms with Crippen LogP contribution in [-0.4, -0.2) is 24.1 Å². The minimum Gasteiger partial charge on any atom is -0.381 e. The van der Waals surface area contributed by atoms with Crippen molar-refractivity contribution in [3.8, 4) is 0 Å². The lowest BCUT2D eigenvalue weighted by Gasteiger charge is -2.10. The Balaban J connectivity index is 1.78. The number of hydrogen-bond donors (Lipinski definition) is 2. The van der Waals surface area contributed by atoms with Crippen LogP contribution in [-0.2, 0) is 4.74 Å². The summed E-state index contributed by atoms with van der Waals surface area (Å²) in [7, 11) is 0. The Morgan fingerprint density at radius 1 is 1.44 bits per heavy atom. The van der Waals surface area contributed by atoms with E-state index in [0.29, 0.717) is 6.61 Å². The number of aromatic nitrogens is 1. The second-order valence-electron chi connectivity index (χ2n) is 4.09. The molecule has 0 radical (unpaired) electrons. The van der Waals surface area contributed by atoms with Gasteiger partial charge in [-0.05, 0) is 18.9 Å². The predicted molar refractivity (Wildman–Crippen MR) is 61.3 cm³/mol. The summed E-state index contributed by atoms with van der Waals surface area (Å²) in [5, 5.41) is 2.94. The average Bonchev–Trinajstić information content (AvgIpc) is 2.84. The van der Waals surface area contributed by atoms with Gasteiger partial charge in [-0.25, -0.2) is 0 Å². The van der Waals surface area contributed by atoms with Gasteiger partial charge in [-0.1, -0.05) is 13.3 Å². The number of ether oxygens (including phenoxy) is 1. The Labute approximate surface area is 95.4 Å². The fraction of sp³-hybridized carbons (Fsp3) is 0.583. The second-order valence-corrected chi connectivity index (χ2v) is 4.09. The quantitative estimate of drug-likeness (QED) is 0.723. The van der Waals surface area contributed by atoms with E-state index in [1.54, 1.807) is 0 Å². The standard InChI is InChI=1S/C12H18N2O2/c1-2-3-7-16-8-5-10-11-9(4-6-13-11)12(15)14-10/h4,6,10,13H,2-3,5,7-8H2,1H3,(H,14,15). The number of nitrogens with one attached hydrogen (secondary N) is 2. The number of H-pyrrole nitrogens is 1. The molecule has 0 saturated carbocycles. The summed E-state index contributed by atoms with van der Waals surface area (Å²) < 4.78 is 5.50. The van der Waals surface area contributed by atoms with Crippen LogP contribution >= 0.6 is 0 Å². The van der Waals surface area contributed by atoms with Gasteiger partial charge in [0.25, 0.3) is 5.91 Å². The van der Waals surface area contributed by atoms with Gasteiger partial charge in [0.1, 0.15) is 0 Å². The van der Waals surface area contributed by atoms with Gasteiger partial charge in [0, 0.05) is 19.4 Å². The lowest BCUT2D eigenvalue weighted by Crippen LogP contribution is -2.21.